The highest BCUT2D eigenvalue weighted by molar-refractivity contribution is 6.35. The van der Waals surface area contributed by atoms with Gasteiger partial charge in [0.25, 0.3) is 0 Å². The van der Waals surface area contributed by atoms with Gasteiger partial charge in [0, 0.05) is 35.9 Å². The number of pyridine rings is 2. The van der Waals surface area contributed by atoms with Crippen molar-refractivity contribution in [1.29, 1.82) is 0 Å². The number of nitrogens with one attached hydrogen (secondary N) is 1. The first-order valence-electron chi connectivity index (χ1n) is 7.13. The molecule has 0 fully saturated rings. The molecule has 3 aromatic rings. The van der Waals surface area contributed by atoms with E-state index in [1.807, 2.05) is 37.2 Å². The van der Waals surface area contributed by atoms with Gasteiger partial charge in [0.05, 0.1) is 23.1 Å². The van der Waals surface area contributed by atoms with E-state index in [0.717, 1.165) is 16.8 Å². The monoisotopic (exact) mass is 360 g/mol. The maximum Gasteiger partial charge on any atom is 0.211 e. The van der Waals surface area contributed by atoms with E-state index in [1.165, 1.54) is 0 Å². The molecule has 2 aromatic heterocycles. The Hall–Kier alpha value is -2.37. The van der Waals surface area contributed by atoms with Crippen LogP contribution >= 0.6 is 23.2 Å². The highest BCUT2D eigenvalue weighted by Gasteiger charge is 2.15. The van der Waals surface area contributed by atoms with Crippen LogP contribution in [0.25, 0.3) is 22.2 Å². The molecule has 0 aliphatic rings. The van der Waals surface area contributed by atoms with Crippen molar-refractivity contribution in [2.45, 2.75) is 0 Å². The first kappa shape index (κ1) is 16.5. The molecule has 0 aliphatic carbocycles. The lowest BCUT2D eigenvalue weighted by atomic mass is 10.0. The van der Waals surface area contributed by atoms with Crippen LogP contribution in [0.15, 0.2) is 36.7 Å². The summed E-state index contributed by atoms with van der Waals surface area (Å²) in [5.41, 5.74) is 4.48. The second-order valence-corrected chi connectivity index (χ2v) is 6.26. The number of hydrogen-bond donors (Lipinski definition) is 1. The number of rotatable bonds is 4. The molecular weight excluding hydrogens is 347 g/mol. The van der Waals surface area contributed by atoms with Gasteiger partial charge in [-0.2, -0.15) is 0 Å². The Morgan fingerprint density at radius 2 is 1.79 bits per heavy atom. The molecule has 24 heavy (non-hydrogen) atoms. The van der Waals surface area contributed by atoms with Gasteiger partial charge in [-0.25, -0.2) is 0 Å². The summed E-state index contributed by atoms with van der Waals surface area (Å²) in [4.78, 5) is 21.7. The van der Waals surface area contributed by atoms with Crippen molar-refractivity contribution in [2.75, 3.05) is 24.3 Å². The van der Waals surface area contributed by atoms with Crippen LogP contribution in [-0.2, 0) is 4.79 Å². The predicted molar refractivity (Wildman–Crippen MR) is 99.0 cm³/mol. The zero-order valence-electron chi connectivity index (χ0n) is 13.0. The second-order valence-electron chi connectivity index (χ2n) is 5.39. The van der Waals surface area contributed by atoms with Crippen molar-refractivity contribution in [3.8, 4) is 11.1 Å². The molecule has 1 amide bonds. The minimum Gasteiger partial charge on any atom is -0.374 e. The van der Waals surface area contributed by atoms with Gasteiger partial charge in [0.1, 0.15) is 5.52 Å². The summed E-state index contributed by atoms with van der Waals surface area (Å²) < 4.78 is 0. The molecule has 7 heteroatoms. The summed E-state index contributed by atoms with van der Waals surface area (Å²) in [6, 6.07) is 7.21. The third-order valence-electron chi connectivity index (χ3n) is 3.56. The number of hydrogen-bond acceptors (Lipinski definition) is 4. The predicted octanol–water partition coefficient (Wildman–Crippen LogP) is 4.24. The van der Waals surface area contributed by atoms with Crippen LogP contribution in [0.2, 0.25) is 10.0 Å². The van der Waals surface area contributed by atoms with Crippen LogP contribution in [0.1, 0.15) is 0 Å². The Morgan fingerprint density at radius 1 is 1.08 bits per heavy atom. The van der Waals surface area contributed by atoms with Crippen LogP contribution in [0.3, 0.4) is 0 Å². The number of nitrogens with zero attached hydrogens (tertiary/aromatic N) is 3. The molecule has 0 saturated heterocycles. The summed E-state index contributed by atoms with van der Waals surface area (Å²) in [7, 11) is 3.77. The van der Waals surface area contributed by atoms with Crippen LogP contribution in [-0.4, -0.2) is 30.5 Å². The zero-order valence-corrected chi connectivity index (χ0v) is 14.6. The Morgan fingerprint density at radius 3 is 2.42 bits per heavy atom. The Kier molecular flexibility index (Phi) is 4.55. The number of carbonyl (C=O) groups is 1. The van der Waals surface area contributed by atoms with Gasteiger partial charge in [-0.05, 0) is 29.8 Å². The molecule has 1 aromatic carbocycles. The fraction of sp³-hybridized carbons (Fsp3) is 0.118. The third kappa shape index (κ3) is 3.00. The number of benzene rings is 1. The van der Waals surface area contributed by atoms with Crippen molar-refractivity contribution >= 4 is 52.0 Å². The fourth-order valence-electron chi connectivity index (χ4n) is 2.64. The Labute approximate surface area is 149 Å². The molecule has 0 bridgehead atoms. The molecule has 2 heterocycles. The zero-order chi connectivity index (χ0) is 17.3. The van der Waals surface area contributed by atoms with Gasteiger partial charge < -0.3 is 10.2 Å². The number of aromatic nitrogens is 2. The standard InChI is InChI=1S/C17H14Cl2N4O/c1-23(2)17-14(22-9-24)8-21-15-13(3-4-20-16(15)17)10-5-11(18)7-12(19)6-10/h3-9H,1-2H3,(H,22,24). The lowest BCUT2D eigenvalue weighted by Gasteiger charge is -2.19. The van der Waals surface area contributed by atoms with Crippen molar-refractivity contribution in [3.05, 3.63) is 46.7 Å². The Bertz CT molecular complexity index is 908. The van der Waals surface area contributed by atoms with Crippen molar-refractivity contribution in [2.24, 2.45) is 0 Å². The van der Waals surface area contributed by atoms with E-state index in [-0.39, 0.29) is 0 Å². The molecule has 0 unspecified atom stereocenters. The van der Waals surface area contributed by atoms with E-state index in [4.69, 9.17) is 23.2 Å². The van der Waals surface area contributed by atoms with E-state index in [9.17, 15) is 4.79 Å². The SMILES string of the molecule is CN(C)c1c(NC=O)cnc2c(-c3cc(Cl)cc(Cl)c3)ccnc12. The third-order valence-corrected chi connectivity index (χ3v) is 4.00. The van der Waals surface area contributed by atoms with Gasteiger partial charge in [-0.1, -0.05) is 23.2 Å². The summed E-state index contributed by atoms with van der Waals surface area (Å²) >= 11 is 12.2. The van der Waals surface area contributed by atoms with E-state index in [0.29, 0.717) is 33.2 Å². The number of fused-ring (bicyclic) bond motifs is 1. The van der Waals surface area contributed by atoms with Gasteiger partial charge in [0.2, 0.25) is 6.41 Å². The van der Waals surface area contributed by atoms with Crippen LogP contribution < -0.4 is 10.2 Å². The van der Waals surface area contributed by atoms with Crippen molar-refractivity contribution < 1.29 is 4.79 Å². The molecule has 1 N–H and O–H groups in total. The summed E-state index contributed by atoms with van der Waals surface area (Å²) in [6.45, 7) is 0. The lowest BCUT2D eigenvalue weighted by Crippen LogP contribution is -2.13. The van der Waals surface area contributed by atoms with Gasteiger partial charge in [-0.3, -0.25) is 14.8 Å². The number of carbonyl (C=O) groups excluding carboxylic acids is 1. The molecule has 0 atom stereocenters. The molecule has 0 saturated carbocycles. The number of amides is 1. The van der Waals surface area contributed by atoms with E-state index in [2.05, 4.69) is 15.3 Å². The topological polar surface area (TPSA) is 58.1 Å². The molecule has 122 valence electrons. The summed E-state index contributed by atoms with van der Waals surface area (Å²) in [5.74, 6) is 0. The normalized spacial score (nSPS) is 10.7. The van der Waals surface area contributed by atoms with E-state index in [1.54, 1.807) is 18.5 Å². The average molecular weight is 361 g/mol. The molecule has 0 aliphatic heterocycles. The molecule has 3 rings (SSSR count). The first-order valence-corrected chi connectivity index (χ1v) is 7.88. The minimum absolute atomic E-state index is 0.550. The molecular formula is C17H14Cl2N4O. The van der Waals surface area contributed by atoms with Crippen molar-refractivity contribution in [1.82, 2.24) is 9.97 Å². The molecule has 0 spiro atoms. The van der Waals surface area contributed by atoms with Crippen LogP contribution in [0.4, 0.5) is 11.4 Å². The quantitative estimate of drug-likeness (QED) is 0.707. The fourth-order valence-corrected chi connectivity index (χ4v) is 3.17. The van der Waals surface area contributed by atoms with E-state index < -0.39 is 0 Å². The lowest BCUT2D eigenvalue weighted by molar-refractivity contribution is -0.105. The molecule has 5 nitrogen and oxygen atoms in total. The van der Waals surface area contributed by atoms with E-state index >= 15 is 0 Å². The highest BCUT2D eigenvalue weighted by atomic mass is 35.5. The maximum atomic E-state index is 10.8. The van der Waals surface area contributed by atoms with Gasteiger partial charge in [-0.15, -0.1) is 0 Å². The second kappa shape index (κ2) is 6.63. The smallest absolute Gasteiger partial charge is 0.211 e. The largest absolute Gasteiger partial charge is 0.374 e. The first-order chi connectivity index (χ1) is 11.5. The molecule has 0 radical (unpaired) electrons. The Balaban J connectivity index is 2.32. The summed E-state index contributed by atoms with van der Waals surface area (Å²) in [5, 5.41) is 3.76. The number of halogens is 2. The average Bonchev–Trinajstić information content (AvgIpc) is 2.53. The maximum absolute atomic E-state index is 10.8. The van der Waals surface area contributed by atoms with Gasteiger partial charge in [0.15, 0.2) is 0 Å². The minimum atomic E-state index is 0.550. The van der Waals surface area contributed by atoms with Crippen LogP contribution in [0.5, 0.6) is 0 Å². The highest BCUT2D eigenvalue weighted by Crippen LogP contribution is 2.36. The number of anilines is 2. The van der Waals surface area contributed by atoms with Gasteiger partial charge >= 0.3 is 0 Å². The summed E-state index contributed by atoms with van der Waals surface area (Å²) in [6.07, 6.45) is 3.94. The van der Waals surface area contributed by atoms with Crippen molar-refractivity contribution in [3.63, 3.8) is 0 Å². The van der Waals surface area contributed by atoms with Crippen LogP contribution in [0, 0.1) is 0 Å².